The van der Waals surface area contributed by atoms with Gasteiger partial charge in [0.15, 0.2) is 17.5 Å². The number of hydrogen-bond acceptors (Lipinski definition) is 2. The lowest BCUT2D eigenvalue weighted by molar-refractivity contribution is 0.147. The van der Waals surface area contributed by atoms with Gasteiger partial charge in [-0.1, -0.05) is 18.2 Å². The Morgan fingerprint density at radius 2 is 1.74 bits per heavy atom. The third kappa shape index (κ3) is 4.13. The summed E-state index contributed by atoms with van der Waals surface area (Å²) >= 11 is 0. The van der Waals surface area contributed by atoms with Gasteiger partial charge < -0.3 is 5.32 Å². The van der Waals surface area contributed by atoms with Gasteiger partial charge in [0.1, 0.15) is 0 Å². The number of aromatic nitrogens is 2. The predicted octanol–water partition coefficient (Wildman–Crippen LogP) is 4.86. The van der Waals surface area contributed by atoms with Crippen LogP contribution in [0.3, 0.4) is 0 Å². The van der Waals surface area contributed by atoms with Crippen molar-refractivity contribution >= 4 is 11.7 Å². The summed E-state index contributed by atoms with van der Waals surface area (Å²) in [4.78, 5) is 12.3. The van der Waals surface area contributed by atoms with Crippen molar-refractivity contribution in [2.45, 2.75) is 12.8 Å². The number of halogens is 5. The van der Waals surface area contributed by atoms with Crippen LogP contribution in [0.1, 0.15) is 5.69 Å². The number of para-hydroxylation sites is 1. The molecule has 1 aromatic heterocycles. The van der Waals surface area contributed by atoms with Crippen molar-refractivity contribution in [2.24, 2.45) is 0 Å². The van der Waals surface area contributed by atoms with Crippen LogP contribution in [-0.4, -0.2) is 22.2 Å². The van der Waals surface area contributed by atoms with Crippen molar-refractivity contribution in [1.29, 1.82) is 0 Å². The van der Waals surface area contributed by atoms with Gasteiger partial charge in [-0.05, 0) is 29.8 Å². The molecule has 9 heteroatoms. The number of benzene rings is 2. The first kappa shape index (κ1) is 18.6. The molecule has 27 heavy (non-hydrogen) atoms. The van der Waals surface area contributed by atoms with E-state index in [0.29, 0.717) is 0 Å². The maximum Gasteiger partial charge on any atom is 0.346 e. The lowest BCUT2D eigenvalue weighted by Gasteiger charge is -2.12. The van der Waals surface area contributed by atoms with Crippen LogP contribution in [0.25, 0.3) is 11.1 Å². The second-order valence-corrected chi connectivity index (χ2v) is 5.58. The van der Waals surface area contributed by atoms with Crippen LogP contribution in [-0.2, 0) is 6.42 Å². The minimum absolute atomic E-state index is 0.0150. The molecule has 1 heterocycles. The maximum atomic E-state index is 13.5. The van der Waals surface area contributed by atoms with Gasteiger partial charge in [-0.2, -0.15) is 9.78 Å². The van der Waals surface area contributed by atoms with E-state index >= 15 is 0 Å². The Bertz CT molecular complexity index is 964. The second-order valence-electron chi connectivity index (χ2n) is 5.58. The molecule has 3 aromatic rings. The van der Waals surface area contributed by atoms with Gasteiger partial charge in [-0.25, -0.2) is 26.7 Å². The van der Waals surface area contributed by atoms with Crippen molar-refractivity contribution in [3.05, 3.63) is 71.8 Å². The number of amides is 1. The smallest absolute Gasteiger partial charge is 0.305 e. The number of nitrogens with zero attached hydrogens (tertiary/aromatic N) is 2. The summed E-state index contributed by atoms with van der Waals surface area (Å²) < 4.78 is 65.8. The van der Waals surface area contributed by atoms with E-state index in [2.05, 4.69) is 10.4 Å². The summed E-state index contributed by atoms with van der Waals surface area (Å²) in [7, 11) is 0. The number of hydrogen-bond donors (Lipinski definition) is 1. The maximum absolute atomic E-state index is 13.5. The topological polar surface area (TPSA) is 46.9 Å². The second kappa shape index (κ2) is 7.56. The first-order chi connectivity index (χ1) is 12.8. The molecule has 0 fully saturated rings. The summed E-state index contributed by atoms with van der Waals surface area (Å²) in [6.45, 7) is 0. The van der Waals surface area contributed by atoms with Crippen LogP contribution < -0.4 is 5.32 Å². The molecular formula is C18H12F5N3O. The summed E-state index contributed by atoms with van der Waals surface area (Å²) in [5.74, 6) is -4.33. The number of anilines is 1. The molecule has 0 saturated heterocycles. The molecule has 4 nitrogen and oxygen atoms in total. The molecule has 0 radical (unpaired) electrons. The van der Waals surface area contributed by atoms with E-state index in [1.807, 2.05) is 0 Å². The molecule has 0 unspecified atom stereocenters. The third-order valence-corrected chi connectivity index (χ3v) is 3.68. The Morgan fingerprint density at radius 1 is 1.07 bits per heavy atom. The van der Waals surface area contributed by atoms with Crippen LogP contribution in [0, 0.1) is 17.5 Å². The highest BCUT2D eigenvalue weighted by Crippen LogP contribution is 2.30. The van der Waals surface area contributed by atoms with Gasteiger partial charge in [0, 0.05) is 11.8 Å². The number of rotatable bonds is 4. The molecule has 0 atom stereocenters. The van der Waals surface area contributed by atoms with E-state index < -0.39 is 36.3 Å². The highest BCUT2D eigenvalue weighted by Gasteiger charge is 2.16. The van der Waals surface area contributed by atoms with Gasteiger partial charge in [0.2, 0.25) is 6.43 Å². The summed E-state index contributed by atoms with van der Waals surface area (Å²) in [6, 6.07) is 8.21. The molecule has 1 N–H and O–H groups in total. The van der Waals surface area contributed by atoms with Gasteiger partial charge in [-0.15, -0.1) is 0 Å². The molecule has 0 aliphatic carbocycles. The van der Waals surface area contributed by atoms with Gasteiger partial charge >= 0.3 is 6.03 Å². The predicted molar refractivity (Wildman–Crippen MR) is 88.1 cm³/mol. The zero-order chi connectivity index (χ0) is 19.6. The van der Waals surface area contributed by atoms with Crippen molar-refractivity contribution in [3.63, 3.8) is 0 Å². The van der Waals surface area contributed by atoms with E-state index in [-0.39, 0.29) is 22.5 Å². The van der Waals surface area contributed by atoms with E-state index in [0.717, 1.165) is 16.8 Å². The fourth-order valence-corrected chi connectivity index (χ4v) is 2.47. The molecule has 0 saturated carbocycles. The zero-order valence-corrected chi connectivity index (χ0v) is 13.6. The van der Waals surface area contributed by atoms with Crippen LogP contribution in [0.5, 0.6) is 0 Å². The summed E-state index contributed by atoms with van der Waals surface area (Å²) in [6.07, 6.45) is -1.97. The van der Waals surface area contributed by atoms with E-state index in [4.69, 9.17) is 0 Å². The quantitative estimate of drug-likeness (QED) is 0.519. The van der Waals surface area contributed by atoms with Crippen molar-refractivity contribution in [3.8, 4) is 11.1 Å². The highest BCUT2D eigenvalue weighted by molar-refractivity contribution is 5.95. The van der Waals surface area contributed by atoms with Crippen molar-refractivity contribution < 1.29 is 26.7 Å². The monoisotopic (exact) mass is 381 g/mol. The molecule has 0 bridgehead atoms. The fourth-order valence-electron chi connectivity index (χ4n) is 2.47. The minimum atomic E-state index is -2.60. The van der Waals surface area contributed by atoms with Crippen molar-refractivity contribution in [2.75, 3.05) is 5.32 Å². The van der Waals surface area contributed by atoms with E-state index in [9.17, 15) is 26.7 Å². The number of nitrogens with one attached hydrogen (secondary N) is 1. The van der Waals surface area contributed by atoms with Gasteiger partial charge in [0.05, 0.1) is 17.8 Å². The van der Waals surface area contributed by atoms with Crippen LogP contribution in [0.2, 0.25) is 0 Å². The lowest BCUT2D eigenvalue weighted by Crippen LogP contribution is -2.20. The van der Waals surface area contributed by atoms with Crippen LogP contribution in [0.15, 0.2) is 48.7 Å². The highest BCUT2D eigenvalue weighted by atomic mass is 19.3. The minimum Gasteiger partial charge on any atom is -0.305 e. The van der Waals surface area contributed by atoms with Crippen molar-refractivity contribution in [1.82, 2.24) is 9.78 Å². The molecule has 0 aliphatic rings. The average molecular weight is 381 g/mol. The average Bonchev–Trinajstić information content (AvgIpc) is 3.07. The lowest BCUT2D eigenvalue weighted by atomic mass is 10.0. The number of alkyl halides is 2. The number of carbonyl (C=O) groups is 1. The Balaban J connectivity index is 1.88. The van der Waals surface area contributed by atoms with E-state index in [1.165, 1.54) is 24.4 Å². The third-order valence-electron chi connectivity index (χ3n) is 3.68. The first-order valence-corrected chi connectivity index (χ1v) is 7.73. The standard InChI is InChI=1S/C18H12F5N3O/c19-13-7-10(8-14(20)17(13)23)12-3-1-2-4-15(12)24-18(27)26-6-5-11(25-26)9-16(21)22/h1-8,16H,9H2,(H,24,27). The zero-order valence-electron chi connectivity index (χ0n) is 13.6. The van der Waals surface area contributed by atoms with Gasteiger partial charge in [0.25, 0.3) is 0 Å². The number of carbonyl (C=O) groups excluding carboxylic acids is 1. The normalized spacial score (nSPS) is 11.0. The molecule has 0 spiro atoms. The summed E-state index contributed by atoms with van der Waals surface area (Å²) in [5, 5.41) is 6.22. The molecule has 0 aliphatic heterocycles. The first-order valence-electron chi connectivity index (χ1n) is 7.73. The molecular weight excluding hydrogens is 369 g/mol. The van der Waals surface area contributed by atoms with Crippen LogP contribution >= 0.6 is 0 Å². The molecule has 140 valence electrons. The molecule has 2 aromatic carbocycles. The molecule has 3 rings (SSSR count). The van der Waals surface area contributed by atoms with Crippen LogP contribution in [0.4, 0.5) is 32.4 Å². The Kier molecular flexibility index (Phi) is 5.20. The Labute approximate surface area is 150 Å². The SMILES string of the molecule is O=C(Nc1ccccc1-c1cc(F)c(F)c(F)c1)n1ccc(CC(F)F)n1. The largest absolute Gasteiger partial charge is 0.346 e. The van der Waals surface area contributed by atoms with E-state index in [1.54, 1.807) is 12.1 Å². The summed E-state index contributed by atoms with van der Waals surface area (Å²) in [5.41, 5.74) is 0.472. The van der Waals surface area contributed by atoms with Gasteiger partial charge in [-0.3, -0.25) is 0 Å². The molecule has 1 amide bonds. The Morgan fingerprint density at radius 3 is 2.41 bits per heavy atom. The Hall–Kier alpha value is -3.23. The fraction of sp³-hybridized carbons (Fsp3) is 0.111.